The Morgan fingerprint density at radius 1 is 1.40 bits per heavy atom. The van der Waals surface area contributed by atoms with Gasteiger partial charge in [0.1, 0.15) is 0 Å². The first-order chi connectivity index (χ1) is 9.63. The van der Waals surface area contributed by atoms with E-state index in [0.29, 0.717) is 5.92 Å². The van der Waals surface area contributed by atoms with Crippen molar-refractivity contribution in [3.8, 4) is 11.4 Å². The van der Waals surface area contributed by atoms with E-state index in [-0.39, 0.29) is 6.04 Å². The number of piperidine rings is 1. The Hall–Kier alpha value is -1.88. The van der Waals surface area contributed by atoms with Gasteiger partial charge in [-0.2, -0.15) is 4.98 Å². The zero-order valence-corrected chi connectivity index (χ0v) is 12.0. The first-order valence-electron chi connectivity index (χ1n) is 7.13. The van der Waals surface area contributed by atoms with Crippen LogP contribution in [0.1, 0.15) is 18.9 Å². The predicted octanol–water partition coefficient (Wildman–Crippen LogP) is 1.95. The van der Waals surface area contributed by atoms with Gasteiger partial charge in [0, 0.05) is 24.7 Å². The number of anilines is 1. The molecule has 2 aromatic rings. The Bertz CT molecular complexity index is 591. The molecule has 0 aliphatic carbocycles. The highest BCUT2D eigenvalue weighted by atomic mass is 15.4. The van der Waals surface area contributed by atoms with Crippen molar-refractivity contribution in [3.05, 3.63) is 29.8 Å². The van der Waals surface area contributed by atoms with E-state index in [1.807, 2.05) is 12.1 Å². The summed E-state index contributed by atoms with van der Waals surface area (Å²) in [4.78, 5) is 6.78. The molecule has 0 saturated carbocycles. The summed E-state index contributed by atoms with van der Waals surface area (Å²) in [6, 6.07) is 8.46. The Labute approximate surface area is 119 Å². The highest BCUT2D eigenvalue weighted by Crippen LogP contribution is 2.22. The van der Waals surface area contributed by atoms with E-state index in [1.54, 1.807) is 0 Å². The average molecular weight is 271 g/mol. The average Bonchev–Trinajstić information content (AvgIpc) is 2.92. The van der Waals surface area contributed by atoms with Crippen LogP contribution < -0.4 is 10.6 Å². The van der Waals surface area contributed by atoms with Gasteiger partial charge in [0.25, 0.3) is 0 Å². The van der Waals surface area contributed by atoms with Crippen molar-refractivity contribution in [3.63, 3.8) is 0 Å². The molecule has 1 fully saturated rings. The van der Waals surface area contributed by atoms with Crippen LogP contribution in [-0.2, 0) is 0 Å². The van der Waals surface area contributed by atoms with E-state index in [0.717, 1.165) is 36.8 Å². The largest absolute Gasteiger partial charge is 0.338 e. The summed E-state index contributed by atoms with van der Waals surface area (Å²) in [5.74, 6) is 2.14. The second-order valence-corrected chi connectivity index (χ2v) is 5.73. The van der Waals surface area contributed by atoms with E-state index in [9.17, 15) is 0 Å². The normalized spacial score (nSPS) is 23.1. The SMILES string of the molecule is Cc1cccc(-c2nc(N3CCC(C)C(N)C3)n[nH]2)c1. The summed E-state index contributed by atoms with van der Waals surface area (Å²) in [5.41, 5.74) is 8.42. The standard InChI is InChI=1S/C15H21N5/c1-10-4-3-5-12(8-10)14-17-15(19-18-14)20-7-6-11(2)13(16)9-20/h3-5,8,11,13H,6-7,9,16H2,1-2H3,(H,17,18,19). The van der Waals surface area contributed by atoms with E-state index in [2.05, 4.69) is 46.1 Å². The minimum Gasteiger partial charge on any atom is -0.338 e. The topological polar surface area (TPSA) is 70.8 Å². The molecule has 1 aliphatic rings. The van der Waals surface area contributed by atoms with Crippen molar-refractivity contribution in [2.75, 3.05) is 18.0 Å². The molecule has 0 amide bonds. The van der Waals surface area contributed by atoms with Gasteiger partial charge < -0.3 is 10.6 Å². The van der Waals surface area contributed by atoms with Crippen molar-refractivity contribution >= 4 is 5.95 Å². The van der Waals surface area contributed by atoms with Crippen LogP contribution in [0.3, 0.4) is 0 Å². The molecule has 0 spiro atoms. The van der Waals surface area contributed by atoms with Gasteiger partial charge in [0.05, 0.1) is 0 Å². The van der Waals surface area contributed by atoms with Crippen molar-refractivity contribution < 1.29 is 0 Å². The molecule has 106 valence electrons. The lowest BCUT2D eigenvalue weighted by molar-refractivity contribution is 0.376. The van der Waals surface area contributed by atoms with Gasteiger partial charge in [-0.05, 0) is 25.3 Å². The Balaban J connectivity index is 1.80. The van der Waals surface area contributed by atoms with Crippen LogP contribution in [0.15, 0.2) is 24.3 Å². The summed E-state index contributed by atoms with van der Waals surface area (Å²) < 4.78 is 0. The maximum Gasteiger partial charge on any atom is 0.245 e. The number of hydrogen-bond donors (Lipinski definition) is 2. The van der Waals surface area contributed by atoms with Crippen LogP contribution in [0.5, 0.6) is 0 Å². The molecule has 5 heteroatoms. The summed E-state index contributed by atoms with van der Waals surface area (Å²) in [6.07, 6.45) is 1.09. The van der Waals surface area contributed by atoms with Gasteiger partial charge in [-0.1, -0.05) is 30.7 Å². The number of nitrogens with zero attached hydrogens (tertiary/aromatic N) is 3. The Morgan fingerprint density at radius 2 is 2.25 bits per heavy atom. The molecule has 5 nitrogen and oxygen atoms in total. The molecule has 0 radical (unpaired) electrons. The zero-order valence-electron chi connectivity index (χ0n) is 12.0. The third-order valence-corrected chi connectivity index (χ3v) is 4.06. The number of aromatic nitrogens is 3. The fourth-order valence-corrected chi connectivity index (χ4v) is 2.60. The smallest absolute Gasteiger partial charge is 0.245 e. The fourth-order valence-electron chi connectivity index (χ4n) is 2.60. The Morgan fingerprint density at radius 3 is 3.00 bits per heavy atom. The van der Waals surface area contributed by atoms with Crippen molar-refractivity contribution in [2.24, 2.45) is 11.7 Å². The van der Waals surface area contributed by atoms with Crippen molar-refractivity contribution in [2.45, 2.75) is 26.3 Å². The first kappa shape index (κ1) is 13.1. The second kappa shape index (κ2) is 5.25. The summed E-state index contributed by atoms with van der Waals surface area (Å²) >= 11 is 0. The number of benzene rings is 1. The molecule has 2 heterocycles. The summed E-state index contributed by atoms with van der Waals surface area (Å²) in [6.45, 7) is 6.08. The predicted molar refractivity (Wildman–Crippen MR) is 80.5 cm³/mol. The van der Waals surface area contributed by atoms with Gasteiger partial charge in [0.2, 0.25) is 5.95 Å². The molecule has 2 atom stereocenters. The van der Waals surface area contributed by atoms with Gasteiger partial charge >= 0.3 is 0 Å². The lowest BCUT2D eigenvalue weighted by Crippen LogP contribution is -2.48. The lowest BCUT2D eigenvalue weighted by atomic mass is 9.95. The van der Waals surface area contributed by atoms with Crippen molar-refractivity contribution in [1.29, 1.82) is 0 Å². The van der Waals surface area contributed by atoms with Crippen LogP contribution in [0, 0.1) is 12.8 Å². The first-order valence-corrected chi connectivity index (χ1v) is 7.13. The van der Waals surface area contributed by atoms with Crippen LogP contribution in [0.2, 0.25) is 0 Å². The van der Waals surface area contributed by atoms with E-state index >= 15 is 0 Å². The van der Waals surface area contributed by atoms with Gasteiger partial charge in [-0.3, -0.25) is 5.10 Å². The summed E-state index contributed by atoms with van der Waals surface area (Å²) in [5, 5.41) is 7.37. The molecule has 1 aromatic heterocycles. The Kier molecular flexibility index (Phi) is 3.44. The zero-order chi connectivity index (χ0) is 14.1. The summed E-state index contributed by atoms with van der Waals surface area (Å²) in [7, 11) is 0. The number of nitrogens with two attached hydrogens (primary N) is 1. The molecular weight excluding hydrogens is 250 g/mol. The number of hydrogen-bond acceptors (Lipinski definition) is 4. The molecule has 2 unspecified atom stereocenters. The molecule has 1 aliphatic heterocycles. The third-order valence-electron chi connectivity index (χ3n) is 4.06. The molecule has 1 saturated heterocycles. The van der Waals surface area contributed by atoms with Crippen LogP contribution in [0.25, 0.3) is 11.4 Å². The number of H-pyrrole nitrogens is 1. The number of aromatic amines is 1. The molecular formula is C15H21N5. The minimum atomic E-state index is 0.199. The highest BCUT2D eigenvalue weighted by Gasteiger charge is 2.25. The van der Waals surface area contributed by atoms with Crippen LogP contribution in [0.4, 0.5) is 5.95 Å². The van der Waals surface area contributed by atoms with Crippen molar-refractivity contribution in [1.82, 2.24) is 15.2 Å². The molecule has 3 N–H and O–H groups in total. The fraction of sp³-hybridized carbons (Fsp3) is 0.467. The molecule has 20 heavy (non-hydrogen) atoms. The van der Waals surface area contributed by atoms with Gasteiger partial charge in [-0.25, -0.2) is 0 Å². The minimum absolute atomic E-state index is 0.199. The van der Waals surface area contributed by atoms with Crippen LogP contribution in [-0.4, -0.2) is 34.3 Å². The van der Waals surface area contributed by atoms with E-state index < -0.39 is 0 Å². The molecule has 3 rings (SSSR count). The highest BCUT2D eigenvalue weighted by molar-refractivity contribution is 5.57. The monoisotopic (exact) mass is 271 g/mol. The maximum absolute atomic E-state index is 6.14. The maximum atomic E-state index is 6.14. The van der Waals surface area contributed by atoms with Crippen LogP contribution >= 0.6 is 0 Å². The van der Waals surface area contributed by atoms with E-state index in [1.165, 1.54) is 5.56 Å². The number of nitrogens with one attached hydrogen (secondary N) is 1. The van der Waals surface area contributed by atoms with Gasteiger partial charge in [-0.15, -0.1) is 5.10 Å². The number of rotatable bonds is 2. The quantitative estimate of drug-likeness (QED) is 0.876. The molecule has 1 aromatic carbocycles. The lowest BCUT2D eigenvalue weighted by Gasteiger charge is -2.34. The number of aryl methyl sites for hydroxylation is 1. The molecule has 0 bridgehead atoms. The third kappa shape index (κ3) is 2.54. The van der Waals surface area contributed by atoms with Gasteiger partial charge in [0.15, 0.2) is 5.82 Å². The van der Waals surface area contributed by atoms with E-state index in [4.69, 9.17) is 5.73 Å². The second-order valence-electron chi connectivity index (χ2n) is 5.73.